The first kappa shape index (κ1) is 12.8. The number of pyridine rings is 1. The van der Waals surface area contributed by atoms with Gasteiger partial charge in [-0.1, -0.05) is 6.07 Å². The van der Waals surface area contributed by atoms with E-state index in [0.717, 1.165) is 25.9 Å². The van der Waals surface area contributed by atoms with Crippen molar-refractivity contribution < 1.29 is 9.18 Å². The van der Waals surface area contributed by atoms with Crippen LogP contribution in [0.3, 0.4) is 0 Å². The molecule has 6 heteroatoms. The van der Waals surface area contributed by atoms with E-state index in [1.54, 1.807) is 12.1 Å². The Morgan fingerprint density at radius 3 is 2.83 bits per heavy atom. The molecule has 98 valence electrons. The van der Waals surface area contributed by atoms with Crippen LogP contribution in [0.5, 0.6) is 0 Å². The number of halogens is 1. The zero-order chi connectivity index (χ0) is 13.0. The van der Waals surface area contributed by atoms with Gasteiger partial charge in [-0.05, 0) is 25.0 Å². The van der Waals surface area contributed by atoms with E-state index < -0.39 is 5.95 Å². The molecular weight excluding hydrogens is 235 g/mol. The van der Waals surface area contributed by atoms with Gasteiger partial charge in [0.05, 0.1) is 6.54 Å². The van der Waals surface area contributed by atoms with Crippen LogP contribution in [0.4, 0.5) is 10.2 Å². The third-order valence-electron chi connectivity index (χ3n) is 3.03. The van der Waals surface area contributed by atoms with Gasteiger partial charge in [-0.3, -0.25) is 9.69 Å². The standard InChI is InChI=1S/C12H17FN4O/c13-10-2-1-3-12(16-10)15-9-4-6-17(7-5-9)8-11(14)18/h1-3,9H,4-8H2,(H2,14,18)(H,15,16). The van der Waals surface area contributed by atoms with Crippen LogP contribution in [0.15, 0.2) is 18.2 Å². The summed E-state index contributed by atoms with van der Waals surface area (Å²) in [6, 6.07) is 4.97. The second-order valence-electron chi connectivity index (χ2n) is 4.51. The largest absolute Gasteiger partial charge is 0.369 e. The van der Waals surface area contributed by atoms with Crippen LogP contribution in [-0.2, 0) is 4.79 Å². The SMILES string of the molecule is NC(=O)CN1CCC(Nc2cccc(F)n2)CC1. The topological polar surface area (TPSA) is 71.2 Å². The van der Waals surface area contributed by atoms with Crippen LogP contribution in [0.25, 0.3) is 0 Å². The van der Waals surface area contributed by atoms with Crippen LogP contribution in [0, 0.1) is 5.95 Å². The molecule has 0 spiro atoms. The molecule has 0 radical (unpaired) electrons. The molecule has 18 heavy (non-hydrogen) atoms. The molecule has 1 saturated heterocycles. The lowest BCUT2D eigenvalue weighted by Crippen LogP contribution is -2.43. The highest BCUT2D eigenvalue weighted by Gasteiger charge is 2.20. The van der Waals surface area contributed by atoms with Gasteiger partial charge in [0.1, 0.15) is 5.82 Å². The first-order valence-corrected chi connectivity index (χ1v) is 6.03. The lowest BCUT2D eigenvalue weighted by molar-refractivity contribution is -0.119. The Hall–Kier alpha value is -1.69. The molecule has 0 bridgehead atoms. The van der Waals surface area contributed by atoms with Gasteiger partial charge in [-0.15, -0.1) is 0 Å². The molecule has 1 aliphatic rings. The molecule has 1 aliphatic heterocycles. The maximum Gasteiger partial charge on any atom is 0.231 e. The van der Waals surface area contributed by atoms with Crippen molar-refractivity contribution in [2.24, 2.45) is 5.73 Å². The Morgan fingerprint density at radius 1 is 1.50 bits per heavy atom. The van der Waals surface area contributed by atoms with Gasteiger partial charge in [0.15, 0.2) is 0 Å². The number of rotatable bonds is 4. The number of amides is 1. The molecule has 2 heterocycles. The zero-order valence-electron chi connectivity index (χ0n) is 10.1. The average molecular weight is 252 g/mol. The maximum atomic E-state index is 12.9. The lowest BCUT2D eigenvalue weighted by Gasteiger charge is -2.31. The second kappa shape index (κ2) is 5.77. The van der Waals surface area contributed by atoms with Gasteiger partial charge >= 0.3 is 0 Å². The lowest BCUT2D eigenvalue weighted by atomic mass is 10.1. The Morgan fingerprint density at radius 2 is 2.22 bits per heavy atom. The molecule has 0 aromatic carbocycles. The molecule has 2 rings (SSSR count). The number of carbonyl (C=O) groups excluding carboxylic acids is 1. The van der Waals surface area contributed by atoms with Gasteiger partial charge in [0.25, 0.3) is 0 Å². The summed E-state index contributed by atoms with van der Waals surface area (Å²) >= 11 is 0. The van der Waals surface area contributed by atoms with E-state index in [0.29, 0.717) is 12.4 Å². The van der Waals surface area contributed by atoms with Crippen LogP contribution in [-0.4, -0.2) is 41.5 Å². The first-order chi connectivity index (χ1) is 8.63. The van der Waals surface area contributed by atoms with E-state index in [-0.39, 0.29) is 11.9 Å². The summed E-state index contributed by atoms with van der Waals surface area (Å²) in [6.45, 7) is 1.94. The van der Waals surface area contributed by atoms with Crippen molar-refractivity contribution >= 4 is 11.7 Å². The Labute approximate surface area is 105 Å². The van der Waals surface area contributed by atoms with Gasteiger partial charge in [-0.2, -0.15) is 4.39 Å². The molecule has 1 aromatic heterocycles. The van der Waals surface area contributed by atoms with E-state index in [4.69, 9.17) is 5.73 Å². The number of carbonyl (C=O) groups is 1. The molecule has 1 amide bonds. The van der Waals surface area contributed by atoms with Crippen LogP contribution < -0.4 is 11.1 Å². The first-order valence-electron chi connectivity index (χ1n) is 6.03. The summed E-state index contributed by atoms with van der Waals surface area (Å²) in [6.07, 6.45) is 1.79. The molecular formula is C12H17FN4O. The minimum absolute atomic E-state index is 0.267. The predicted molar refractivity (Wildman–Crippen MR) is 66.5 cm³/mol. The van der Waals surface area contributed by atoms with Crippen molar-refractivity contribution in [2.75, 3.05) is 25.0 Å². The smallest absolute Gasteiger partial charge is 0.231 e. The number of hydrogen-bond acceptors (Lipinski definition) is 4. The normalized spacial score (nSPS) is 17.6. The number of aromatic nitrogens is 1. The van der Waals surface area contributed by atoms with E-state index >= 15 is 0 Å². The molecule has 3 N–H and O–H groups in total. The van der Waals surface area contributed by atoms with Gasteiger partial charge in [-0.25, -0.2) is 4.98 Å². The number of likely N-dealkylation sites (tertiary alicyclic amines) is 1. The highest BCUT2D eigenvalue weighted by atomic mass is 19.1. The third-order valence-corrected chi connectivity index (χ3v) is 3.03. The highest BCUT2D eigenvalue weighted by molar-refractivity contribution is 5.75. The number of nitrogens with two attached hydrogens (primary N) is 1. The number of anilines is 1. The van der Waals surface area contributed by atoms with Crippen molar-refractivity contribution in [1.82, 2.24) is 9.88 Å². The summed E-state index contributed by atoms with van der Waals surface area (Å²) in [7, 11) is 0. The molecule has 0 aliphatic carbocycles. The fraction of sp³-hybridized carbons (Fsp3) is 0.500. The number of piperidine rings is 1. The Kier molecular flexibility index (Phi) is 4.09. The van der Waals surface area contributed by atoms with Crippen LogP contribution in [0.2, 0.25) is 0 Å². The summed E-state index contributed by atoms with van der Waals surface area (Å²) in [5, 5.41) is 3.20. The van der Waals surface area contributed by atoms with Gasteiger partial charge in [0.2, 0.25) is 11.9 Å². The van der Waals surface area contributed by atoms with E-state index in [9.17, 15) is 9.18 Å². The van der Waals surface area contributed by atoms with Crippen molar-refractivity contribution in [3.8, 4) is 0 Å². The monoisotopic (exact) mass is 252 g/mol. The zero-order valence-corrected chi connectivity index (χ0v) is 10.1. The fourth-order valence-electron chi connectivity index (χ4n) is 2.15. The van der Waals surface area contributed by atoms with Crippen molar-refractivity contribution in [1.29, 1.82) is 0 Å². The minimum Gasteiger partial charge on any atom is -0.369 e. The predicted octanol–water partition coefficient (Wildman–Crippen LogP) is 0.582. The highest BCUT2D eigenvalue weighted by Crippen LogP contribution is 2.15. The number of nitrogens with one attached hydrogen (secondary N) is 1. The van der Waals surface area contributed by atoms with Crippen molar-refractivity contribution in [2.45, 2.75) is 18.9 Å². The van der Waals surface area contributed by atoms with E-state index in [2.05, 4.69) is 10.3 Å². The minimum atomic E-state index is -0.480. The maximum absolute atomic E-state index is 12.9. The number of hydrogen-bond donors (Lipinski definition) is 2. The Balaban J connectivity index is 1.81. The third kappa shape index (κ3) is 3.66. The summed E-state index contributed by atoms with van der Waals surface area (Å²) < 4.78 is 12.9. The molecule has 0 atom stereocenters. The van der Waals surface area contributed by atoms with Gasteiger partial charge in [0, 0.05) is 19.1 Å². The van der Waals surface area contributed by atoms with Crippen LogP contribution >= 0.6 is 0 Å². The quantitative estimate of drug-likeness (QED) is 0.769. The van der Waals surface area contributed by atoms with E-state index in [1.165, 1.54) is 6.07 Å². The number of primary amides is 1. The van der Waals surface area contributed by atoms with Crippen molar-refractivity contribution in [3.63, 3.8) is 0 Å². The average Bonchev–Trinajstić information content (AvgIpc) is 2.31. The second-order valence-corrected chi connectivity index (χ2v) is 4.51. The molecule has 5 nitrogen and oxygen atoms in total. The summed E-state index contributed by atoms with van der Waals surface area (Å²) in [4.78, 5) is 16.6. The van der Waals surface area contributed by atoms with Crippen molar-refractivity contribution in [3.05, 3.63) is 24.1 Å². The molecule has 0 unspecified atom stereocenters. The summed E-state index contributed by atoms with van der Waals surface area (Å²) in [5.41, 5.74) is 5.15. The van der Waals surface area contributed by atoms with Gasteiger partial charge < -0.3 is 11.1 Å². The number of nitrogens with zero attached hydrogens (tertiary/aromatic N) is 2. The summed E-state index contributed by atoms with van der Waals surface area (Å²) in [5.74, 6) is -0.220. The fourth-order valence-corrected chi connectivity index (χ4v) is 2.15. The Bertz CT molecular complexity index is 418. The van der Waals surface area contributed by atoms with Crippen LogP contribution in [0.1, 0.15) is 12.8 Å². The van der Waals surface area contributed by atoms with E-state index in [1.807, 2.05) is 4.90 Å². The molecule has 1 aromatic rings. The molecule has 1 fully saturated rings. The molecule has 0 saturated carbocycles.